The maximum Gasteiger partial charge on any atom is 0.460 e. The van der Waals surface area contributed by atoms with Gasteiger partial charge in [0.1, 0.15) is 0 Å². The highest BCUT2D eigenvalue weighted by Gasteiger charge is 2.61. The Hall–Kier alpha value is -2.89. The lowest BCUT2D eigenvalue weighted by atomic mass is 10.1. The molecule has 1 amide bonds. The van der Waals surface area contributed by atoms with E-state index in [0.29, 0.717) is 9.47 Å². The first-order valence-electron chi connectivity index (χ1n) is 9.20. The molecule has 0 radical (unpaired) electrons. The molecule has 0 saturated heterocycles. The number of amides is 1. The van der Waals surface area contributed by atoms with Gasteiger partial charge in [0.15, 0.2) is 14.8 Å². The van der Waals surface area contributed by atoms with Crippen LogP contribution in [-0.4, -0.2) is 53.1 Å². The van der Waals surface area contributed by atoms with Crippen molar-refractivity contribution in [3.8, 4) is 0 Å². The quantitative estimate of drug-likeness (QED) is 0.442. The topological polar surface area (TPSA) is 98.1 Å². The van der Waals surface area contributed by atoms with Gasteiger partial charge >= 0.3 is 18.3 Å². The summed E-state index contributed by atoms with van der Waals surface area (Å²) < 4.78 is 130. The number of imidazole rings is 1. The third-order valence-corrected chi connectivity index (χ3v) is 7.65. The summed E-state index contributed by atoms with van der Waals surface area (Å²) >= 11 is -0.275. The Morgan fingerprint density at radius 3 is 2.20 bits per heavy atom. The third kappa shape index (κ3) is 4.55. The number of aromatic nitrogens is 4. The van der Waals surface area contributed by atoms with Crippen molar-refractivity contribution in [3.63, 3.8) is 0 Å². The zero-order valence-corrected chi connectivity index (χ0v) is 19.3. The molecule has 0 aliphatic rings. The monoisotopic (exact) mass is 551 g/mol. The van der Waals surface area contributed by atoms with Gasteiger partial charge in [-0.05, 0) is 12.1 Å². The molecular weight excluding hydrogens is 538 g/mol. The van der Waals surface area contributed by atoms with Crippen LogP contribution >= 0.6 is 11.3 Å². The highest BCUT2D eigenvalue weighted by atomic mass is 32.2. The van der Waals surface area contributed by atoms with E-state index >= 15 is 0 Å². The first kappa shape index (κ1) is 26.7. The van der Waals surface area contributed by atoms with Crippen molar-refractivity contribution in [1.82, 2.24) is 19.7 Å². The van der Waals surface area contributed by atoms with Gasteiger partial charge in [-0.3, -0.25) is 9.69 Å². The maximum atomic E-state index is 13.5. The zero-order valence-electron chi connectivity index (χ0n) is 17.7. The van der Waals surface area contributed by atoms with Gasteiger partial charge in [-0.25, -0.2) is 13.4 Å². The number of halogens is 8. The molecule has 3 rings (SSSR count). The standard InChI is InChI=1S/C17H13F8N5O3S2/c1-4-35(32,33)10-6-9-8(26-12(29(9)2)16(20,21)22)5-7(10)11(31)30(3)14-28-27-13(34-14)15(18,19)17(23,24)25/h5-6H,4H2,1-3H3. The van der Waals surface area contributed by atoms with Gasteiger partial charge < -0.3 is 4.57 Å². The minimum Gasteiger partial charge on any atom is -0.323 e. The summed E-state index contributed by atoms with van der Waals surface area (Å²) in [6, 6.07) is 1.57. The molecule has 0 bridgehead atoms. The van der Waals surface area contributed by atoms with Crippen LogP contribution in [0.3, 0.4) is 0 Å². The van der Waals surface area contributed by atoms with Crippen molar-refractivity contribution >= 4 is 43.2 Å². The van der Waals surface area contributed by atoms with Gasteiger partial charge in [0.25, 0.3) is 5.91 Å². The Morgan fingerprint density at radius 1 is 1.09 bits per heavy atom. The van der Waals surface area contributed by atoms with E-state index in [0.717, 1.165) is 26.2 Å². The fourth-order valence-corrected chi connectivity index (χ4v) is 4.80. The molecule has 2 heterocycles. The van der Waals surface area contributed by atoms with Crippen LogP contribution in [0.1, 0.15) is 28.1 Å². The molecule has 3 aromatic rings. The summed E-state index contributed by atoms with van der Waals surface area (Å²) in [5, 5.41) is 3.41. The van der Waals surface area contributed by atoms with Gasteiger partial charge in [0.2, 0.25) is 11.0 Å². The number of benzene rings is 1. The third-order valence-electron chi connectivity index (χ3n) is 4.81. The molecule has 8 nitrogen and oxygen atoms in total. The van der Waals surface area contributed by atoms with E-state index in [4.69, 9.17) is 0 Å². The van der Waals surface area contributed by atoms with Crippen molar-refractivity contribution in [2.24, 2.45) is 7.05 Å². The average molecular weight is 551 g/mol. The number of sulfone groups is 1. The Morgan fingerprint density at radius 2 is 1.69 bits per heavy atom. The highest BCUT2D eigenvalue weighted by molar-refractivity contribution is 7.91. The molecule has 0 spiro atoms. The van der Waals surface area contributed by atoms with Crippen molar-refractivity contribution in [2.45, 2.75) is 30.1 Å². The summed E-state index contributed by atoms with van der Waals surface area (Å²) in [6.07, 6.45) is -10.9. The average Bonchev–Trinajstić information content (AvgIpc) is 3.36. The first-order valence-corrected chi connectivity index (χ1v) is 11.7. The van der Waals surface area contributed by atoms with Crippen molar-refractivity contribution in [3.05, 3.63) is 28.5 Å². The molecule has 0 atom stereocenters. The summed E-state index contributed by atoms with van der Waals surface area (Å²) in [6.45, 7) is 1.21. The first-order chi connectivity index (χ1) is 15.8. The molecule has 18 heteroatoms. The molecular formula is C17H13F8N5O3S2. The van der Waals surface area contributed by atoms with Crippen molar-refractivity contribution in [2.75, 3.05) is 17.7 Å². The van der Waals surface area contributed by atoms with E-state index in [1.54, 1.807) is 0 Å². The number of fused-ring (bicyclic) bond motifs is 1. The number of rotatable bonds is 5. The van der Waals surface area contributed by atoms with E-state index in [1.807, 2.05) is 0 Å². The number of carbonyl (C=O) groups is 1. The Balaban J connectivity index is 2.16. The van der Waals surface area contributed by atoms with Gasteiger partial charge in [0.05, 0.1) is 27.2 Å². The fraction of sp³-hybridized carbons (Fsp3) is 0.412. The molecule has 2 aromatic heterocycles. The second-order valence-electron chi connectivity index (χ2n) is 7.06. The van der Waals surface area contributed by atoms with Crippen LogP contribution in [0.25, 0.3) is 11.0 Å². The van der Waals surface area contributed by atoms with E-state index in [-0.39, 0.29) is 16.9 Å². The van der Waals surface area contributed by atoms with Gasteiger partial charge in [-0.1, -0.05) is 18.3 Å². The smallest absolute Gasteiger partial charge is 0.323 e. The maximum absolute atomic E-state index is 13.5. The van der Waals surface area contributed by atoms with Crippen LogP contribution in [0.15, 0.2) is 17.0 Å². The summed E-state index contributed by atoms with van der Waals surface area (Å²) in [4.78, 5) is 16.2. The minimum absolute atomic E-state index is 0.272. The Bertz CT molecular complexity index is 1410. The second kappa shape index (κ2) is 8.35. The van der Waals surface area contributed by atoms with Crippen molar-refractivity contribution in [1.29, 1.82) is 0 Å². The lowest BCUT2D eigenvalue weighted by molar-refractivity contribution is -0.289. The zero-order chi connectivity index (χ0) is 26.7. The summed E-state index contributed by atoms with van der Waals surface area (Å²) in [7, 11) is -2.36. The lowest BCUT2D eigenvalue weighted by Gasteiger charge is -2.17. The largest absolute Gasteiger partial charge is 0.460 e. The van der Waals surface area contributed by atoms with Gasteiger partial charge in [0, 0.05) is 14.1 Å². The number of nitrogens with zero attached hydrogens (tertiary/aromatic N) is 5. The van der Waals surface area contributed by atoms with Crippen LogP contribution in [0, 0.1) is 0 Å². The summed E-state index contributed by atoms with van der Waals surface area (Å²) in [5.41, 5.74) is -1.37. The SMILES string of the molecule is CCS(=O)(=O)c1cc2c(cc1C(=O)N(C)c1nnc(C(F)(F)C(F)(F)F)s1)nc(C(F)(F)F)n2C. The predicted octanol–water partition coefficient (Wildman–Crippen LogP) is 4.17. The van der Waals surface area contributed by atoms with Crippen LogP contribution in [-0.2, 0) is 29.0 Å². The molecule has 0 saturated carbocycles. The number of alkyl halides is 8. The molecule has 35 heavy (non-hydrogen) atoms. The molecule has 1 aromatic carbocycles. The molecule has 0 aliphatic carbocycles. The predicted molar refractivity (Wildman–Crippen MR) is 106 cm³/mol. The molecule has 0 unspecified atom stereocenters. The van der Waals surface area contributed by atoms with E-state index in [9.17, 15) is 48.3 Å². The highest BCUT2D eigenvalue weighted by Crippen LogP contribution is 2.45. The number of hydrogen-bond donors (Lipinski definition) is 0. The molecule has 0 aliphatic heterocycles. The van der Waals surface area contributed by atoms with Gasteiger partial charge in [-0.15, -0.1) is 10.2 Å². The number of carbonyl (C=O) groups excluding carboxylic acids is 1. The number of anilines is 1. The van der Waals surface area contributed by atoms with Crippen LogP contribution in [0.5, 0.6) is 0 Å². The fourth-order valence-electron chi connectivity index (χ4n) is 2.92. The van der Waals surface area contributed by atoms with Crippen molar-refractivity contribution < 1.29 is 48.3 Å². The molecule has 0 fully saturated rings. The van der Waals surface area contributed by atoms with Gasteiger partial charge in [-0.2, -0.15) is 35.1 Å². The van der Waals surface area contributed by atoms with E-state index in [1.165, 1.54) is 6.92 Å². The Kier molecular flexibility index (Phi) is 6.37. The number of hydrogen-bond acceptors (Lipinski definition) is 7. The van der Waals surface area contributed by atoms with Crippen LogP contribution in [0.2, 0.25) is 0 Å². The molecule has 192 valence electrons. The van der Waals surface area contributed by atoms with Crippen LogP contribution < -0.4 is 4.90 Å². The summed E-state index contributed by atoms with van der Waals surface area (Å²) in [5.74, 6) is -8.58. The number of aryl methyl sites for hydroxylation is 1. The molecule has 0 N–H and O–H groups in total. The minimum atomic E-state index is -5.99. The normalized spacial score (nSPS) is 13.5. The van der Waals surface area contributed by atoms with Crippen LogP contribution in [0.4, 0.5) is 40.3 Å². The van der Waals surface area contributed by atoms with E-state index < -0.39 is 71.7 Å². The Labute approximate surface area is 195 Å². The second-order valence-corrected chi connectivity index (χ2v) is 10.3. The van der Waals surface area contributed by atoms with E-state index in [2.05, 4.69) is 15.2 Å². The lowest BCUT2D eigenvalue weighted by Crippen LogP contribution is -2.33.